The fourth-order valence-electron chi connectivity index (χ4n) is 2.37. The minimum atomic E-state index is -1.74. The predicted octanol–water partition coefficient (Wildman–Crippen LogP) is 2.33. The van der Waals surface area contributed by atoms with Crippen LogP contribution in [-0.4, -0.2) is 22.0 Å². The Balaban J connectivity index is 1.86. The average molecular weight is 343 g/mol. The lowest BCUT2D eigenvalue weighted by Crippen LogP contribution is -2.27. The number of carbonyl (C=O) groups excluding carboxylic acids is 1. The molecule has 1 aliphatic rings. The summed E-state index contributed by atoms with van der Waals surface area (Å²) in [7, 11) is 0. The quantitative estimate of drug-likeness (QED) is 0.730. The number of nitrogens with zero attached hydrogens (tertiary/aromatic N) is 1. The summed E-state index contributed by atoms with van der Waals surface area (Å²) in [5.41, 5.74) is 5.88. The molecule has 0 saturated carbocycles. The van der Waals surface area contributed by atoms with Gasteiger partial charge in [0, 0.05) is 10.9 Å². The largest absolute Gasteiger partial charge is 0.503 e. The zero-order valence-electron chi connectivity index (χ0n) is 11.7. The van der Waals surface area contributed by atoms with Gasteiger partial charge in [0.05, 0.1) is 11.3 Å². The number of rotatable bonds is 2. The van der Waals surface area contributed by atoms with Crippen molar-refractivity contribution in [1.29, 1.82) is 0 Å². The monoisotopic (exact) mass is 343 g/mol. The molecule has 5 nitrogen and oxygen atoms in total. The number of halogens is 3. The van der Waals surface area contributed by atoms with E-state index < -0.39 is 34.7 Å². The molecule has 0 aliphatic heterocycles. The Morgan fingerprint density at radius 2 is 2.13 bits per heavy atom. The number of anilines is 1. The van der Waals surface area contributed by atoms with E-state index in [2.05, 4.69) is 10.3 Å². The minimum Gasteiger partial charge on any atom is -0.503 e. The van der Waals surface area contributed by atoms with Gasteiger partial charge in [0.1, 0.15) is 0 Å². The van der Waals surface area contributed by atoms with Crippen LogP contribution < -0.4 is 11.1 Å². The van der Waals surface area contributed by atoms with Crippen LogP contribution in [0.25, 0.3) is 0 Å². The fraction of sp³-hybridized carbons (Fsp3) is 0.286. The van der Waals surface area contributed by atoms with Crippen LogP contribution in [0.1, 0.15) is 27.3 Å². The van der Waals surface area contributed by atoms with Crippen LogP contribution in [0, 0.1) is 17.5 Å². The van der Waals surface area contributed by atoms with E-state index in [1.54, 1.807) is 0 Å². The van der Waals surface area contributed by atoms with E-state index in [9.17, 15) is 18.0 Å². The van der Waals surface area contributed by atoms with Crippen molar-refractivity contribution in [2.75, 3.05) is 5.32 Å². The maximum Gasteiger partial charge on any atom is 0.260 e. The second-order valence-corrected chi connectivity index (χ2v) is 6.31. The summed E-state index contributed by atoms with van der Waals surface area (Å²) in [6.07, 6.45) is 2.11. The number of phenols is 1. The van der Waals surface area contributed by atoms with E-state index in [1.807, 2.05) is 0 Å². The highest BCUT2D eigenvalue weighted by Crippen LogP contribution is 2.30. The summed E-state index contributed by atoms with van der Waals surface area (Å²) in [5.74, 6) is -7.33. The van der Waals surface area contributed by atoms with Gasteiger partial charge in [-0.3, -0.25) is 10.1 Å². The summed E-state index contributed by atoms with van der Waals surface area (Å²) >= 11 is 1.20. The molecule has 1 aromatic heterocycles. The van der Waals surface area contributed by atoms with Gasteiger partial charge in [0.15, 0.2) is 22.5 Å². The first-order valence-corrected chi connectivity index (χ1v) is 7.60. The molecule has 0 radical (unpaired) electrons. The molecule has 0 bridgehead atoms. The molecule has 0 fully saturated rings. The van der Waals surface area contributed by atoms with Gasteiger partial charge >= 0.3 is 0 Å². The molecule has 3 rings (SSSR count). The summed E-state index contributed by atoms with van der Waals surface area (Å²) in [5, 5.41) is 11.7. The van der Waals surface area contributed by atoms with Crippen molar-refractivity contribution in [3.63, 3.8) is 0 Å². The molecule has 1 heterocycles. The third kappa shape index (κ3) is 2.89. The Morgan fingerprint density at radius 1 is 1.39 bits per heavy atom. The van der Waals surface area contributed by atoms with Crippen LogP contribution in [-0.2, 0) is 12.8 Å². The SMILES string of the molecule is N[C@H]1CCc2nc(NC(=O)c3cc(F)c(F)c(O)c3F)sc2C1. The van der Waals surface area contributed by atoms with E-state index in [4.69, 9.17) is 10.8 Å². The second kappa shape index (κ2) is 5.82. The maximum atomic E-state index is 13.7. The van der Waals surface area contributed by atoms with Crippen LogP contribution in [0.15, 0.2) is 6.07 Å². The topological polar surface area (TPSA) is 88.2 Å². The van der Waals surface area contributed by atoms with Crippen molar-refractivity contribution in [3.8, 4) is 5.75 Å². The number of nitrogens with one attached hydrogen (secondary N) is 1. The number of phenolic OH excluding ortho intramolecular Hbond substituents is 1. The molecule has 9 heteroatoms. The van der Waals surface area contributed by atoms with Crippen LogP contribution in [0.3, 0.4) is 0 Å². The number of benzene rings is 1. The average Bonchev–Trinajstić information content (AvgIpc) is 2.89. The van der Waals surface area contributed by atoms with Gasteiger partial charge in [-0.05, 0) is 25.3 Å². The fourth-order valence-corrected chi connectivity index (χ4v) is 3.47. The van der Waals surface area contributed by atoms with E-state index in [1.165, 1.54) is 11.3 Å². The van der Waals surface area contributed by atoms with Crippen LogP contribution in [0.5, 0.6) is 5.75 Å². The van der Waals surface area contributed by atoms with Gasteiger partial charge in [-0.25, -0.2) is 13.8 Å². The first-order chi connectivity index (χ1) is 10.9. The lowest BCUT2D eigenvalue weighted by molar-refractivity contribution is 0.102. The van der Waals surface area contributed by atoms with Crippen LogP contribution >= 0.6 is 11.3 Å². The molecule has 1 aliphatic carbocycles. The zero-order chi connectivity index (χ0) is 16.7. The summed E-state index contributed by atoms with van der Waals surface area (Å²) in [6.45, 7) is 0. The number of carbonyl (C=O) groups is 1. The minimum absolute atomic E-state index is 0.0343. The second-order valence-electron chi connectivity index (χ2n) is 5.23. The molecule has 0 saturated heterocycles. The van der Waals surface area contributed by atoms with Crippen molar-refractivity contribution in [3.05, 3.63) is 39.7 Å². The van der Waals surface area contributed by atoms with Crippen molar-refractivity contribution in [2.24, 2.45) is 5.73 Å². The number of aromatic hydroxyl groups is 1. The molecule has 0 spiro atoms. The van der Waals surface area contributed by atoms with Crippen LogP contribution in [0.4, 0.5) is 18.3 Å². The van der Waals surface area contributed by atoms with Gasteiger partial charge in [0.2, 0.25) is 5.82 Å². The van der Waals surface area contributed by atoms with Crippen LogP contribution in [0.2, 0.25) is 0 Å². The number of hydrogen-bond acceptors (Lipinski definition) is 5. The number of amides is 1. The lowest BCUT2D eigenvalue weighted by atomic mass is 9.99. The number of aromatic nitrogens is 1. The Labute approximate surface area is 133 Å². The molecule has 1 amide bonds. The lowest BCUT2D eigenvalue weighted by Gasteiger charge is -2.15. The molecule has 2 aromatic rings. The Kier molecular flexibility index (Phi) is 3.99. The maximum absolute atomic E-state index is 13.7. The molecule has 4 N–H and O–H groups in total. The highest BCUT2D eigenvalue weighted by Gasteiger charge is 2.25. The number of aryl methyl sites for hydroxylation is 1. The van der Waals surface area contributed by atoms with E-state index >= 15 is 0 Å². The highest BCUT2D eigenvalue weighted by molar-refractivity contribution is 7.15. The van der Waals surface area contributed by atoms with E-state index in [-0.39, 0.29) is 11.2 Å². The molecule has 23 heavy (non-hydrogen) atoms. The summed E-state index contributed by atoms with van der Waals surface area (Å²) < 4.78 is 40.0. The van der Waals surface area contributed by atoms with Crippen molar-refractivity contribution in [2.45, 2.75) is 25.3 Å². The number of hydrogen-bond donors (Lipinski definition) is 3. The van der Waals surface area contributed by atoms with E-state index in [0.29, 0.717) is 18.9 Å². The van der Waals surface area contributed by atoms with Crippen molar-refractivity contribution < 1.29 is 23.1 Å². The molecule has 1 aromatic carbocycles. The van der Waals surface area contributed by atoms with Gasteiger partial charge in [-0.1, -0.05) is 0 Å². The number of thiazole rings is 1. The molecule has 0 unspecified atom stereocenters. The number of fused-ring (bicyclic) bond motifs is 1. The Hall–Kier alpha value is -2.13. The standard InChI is InChI=1S/C14H12F3N3O2S/c15-7-4-6(10(16)12(21)11(7)17)13(22)20-14-19-8-2-1-5(18)3-9(8)23-14/h4-5,21H,1-3,18H2,(H,19,20,22)/t5-/m0/s1. The highest BCUT2D eigenvalue weighted by atomic mass is 32.1. The molecular formula is C14H12F3N3O2S. The van der Waals surface area contributed by atoms with Crippen molar-refractivity contribution >= 4 is 22.4 Å². The van der Waals surface area contributed by atoms with Gasteiger partial charge in [-0.15, -0.1) is 11.3 Å². The third-order valence-electron chi connectivity index (χ3n) is 3.58. The Morgan fingerprint density at radius 3 is 2.87 bits per heavy atom. The first kappa shape index (κ1) is 15.8. The van der Waals surface area contributed by atoms with Gasteiger partial charge in [-0.2, -0.15) is 4.39 Å². The first-order valence-electron chi connectivity index (χ1n) is 6.78. The number of nitrogens with two attached hydrogens (primary N) is 1. The van der Waals surface area contributed by atoms with E-state index in [0.717, 1.165) is 17.0 Å². The molecular weight excluding hydrogens is 331 g/mol. The smallest absolute Gasteiger partial charge is 0.260 e. The molecule has 122 valence electrons. The Bertz CT molecular complexity index is 794. The third-order valence-corrected chi connectivity index (χ3v) is 4.61. The zero-order valence-corrected chi connectivity index (χ0v) is 12.5. The summed E-state index contributed by atoms with van der Waals surface area (Å²) in [4.78, 5) is 17.2. The predicted molar refractivity (Wildman–Crippen MR) is 78.0 cm³/mol. The molecule has 1 atom stereocenters. The summed E-state index contributed by atoms with van der Waals surface area (Å²) in [6, 6.07) is 0.426. The normalized spacial score (nSPS) is 17.0. The van der Waals surface area contributed by atoms with Crippen molar-refractivity contribution in [1.82, 2.24) is 4.98 Å². The van der Waals surface area contributed by atoms with Gasteiger partial charge in [0.25, 0.3) is 5.91 Å². The van der Waals surface area contributed by atoms with Gasteiger partial charge < -0.3 is 10.8 Å².